The summed E-state index contributed by atoms with van der Waals surface area (Å²) in [7, 11) is 0. The first-order valence-electron chi connectivity index (χ1n) is 8.29. The topological polar surface area (TPSA) is 9.23 Å². The minimum Gasteiger partial charge on any atom is -0.488 e. The average molecular weight is 322 g/mol. The van der Waals surface area contributed by atoms with Crippen LogP contribution in [0.2, 0.25) is 0 Å². The van der Waals surface area contributed by atoms with Crippen LogP contribution >= 0.6 is 0 Å². The van der Waals surface area contributed by atoms with Crippen LogP contribution in [0.4, 0.5) is 0 Å². The third kappa shape index (κ3) is 7.15. The highest BCUT2D eigenvalue weighted by molar-refractivity contribution is 5.53. The van der Waals surface area contributed by atoms with E-state index in [0.717, 1.165) is 28.0 Å². The molecule has 0 bridgehead atoms. The Hall–Kier alpha value is -2.54. The maximum atomic E-state index is 5.94. The van der Waals surface area contributed by atoms with E-state index in [1.165, 1.54) is 0 Å². The summed E-state index contributed by atoms with van der Waals surface area (Å²) in [5.74, 6) is 0.726. The van der Waals surface area contributed by atoms with Crippen molar-refractivity contribution in [2.24, 2.45) is 0 Å². The van der Waals surface area contributed by atoms with E-state index in [2.05, 4.69) is 19.7 Å². The number of hydrogen-bond acceptors (Lipinski definition) is 1. The molecule has 24 heavy (non-hydrogen) atoms. The van der Waals surface area contributed by atoms with Crippen LogP contribution < -0.4 is 0 Å². The van der Waals surface area contributed by atoms with Gasteiger partial charge >= 0.3 is 0 Å². The molecule has 0 aromatic heterocycles. The molecule has 0 amide bonds. The highest BCUT2D eigenvalue weighted by Gasteiger charge is 2.10. The molecule has 0 saturated carbocycles. The van der Waals surface area contributed by atoms with Crippen molar-refractivity contribution in [2.75, 3.05) is 0 Å². The van der Waals surface area contributed by atoms with Crippen LogP contribution in [-0.4, -0.2) is 0 Å². The molecule has 1 rings (SSSR count). The van der Waals surface area contributed by atoms with E-state index in [1.807, 2.05) is 76.3 Å². The van der Waals surface area contributed by atoms with Crippen molar-refractivity contribution < 1.29 is 4.74 Å². The van der Waals surface area contributed by atoms with Crippen molar-refractivity contribution in [1.29, 1.82) is 0 Å². The van der Waals surface area contributed by atoms with Gasteiger partial charge in [0.15, 0.2) is 0 Å². The zero-order valence-corrected chi connectivity index (χ0v) is 15.5. The predicted octanol–water partition coefficient (Wildman–Crippen LogP) is 6.93. The number of hydrogen-bond donors (Lipinski definition) is 0. The summed E-state index contributed by atoms with van der Waals surface area (Å²) in [5, 5.41) is 0. The molecule has 1 heteroatoms. The van der Waals surface area contributed by atoms with Crippen LogP contribution in [0.15, 0.2) is 103 Å². The van der Waals surface area contributed by atoms with Gasteiger partial charge < -0.3 is 4.74 Å². The van der Waals surface area contributed by atoms with Gasteiger partial charge in [0, 0.05) is 5.57 Å². The smallest absolute Gasteiger partial charge is 0.127 e. The van der Waals surface area contributed by atoms with Gasteiger partial charge in [0.2, 0.25) is 0 Å². The summed E-state index contributed by atoms with van der Waals surface area (Å²) in [6, 6.07) is 10.1. The van der Waals surface area contributed by atoms with Gasteiger partial charge in [0.05, 0.1) is 0 Å². The van der Waals surface area contributed by atoms with Gasteiger partial charge in [-0.25, -0.2) is 0 Å². The Morgan fingerprint density at radius 3 is 2.12 bits per heavy atom. The zero-order chi connectivity index (χ0) is 18.4. The Morgan fingerprint density at radius 1 is 1.04 bits per heavy atom. The molecule has 0 saturated heterocycles. The lowest BCUT2D eigenvalue weighted by Gasteiger charge is -2.16. The Bertz CT molecular complexity index is 613. The molecule has 0 radical (unpaired) electrons. The molecule has 0 unspecified atom stereocenters. The number of ether oxygens (including phenoxy) is 1. The maximum absolute atomic E-state index is 5.94. The lowest BCUT2D eigenvalue weighted by atomic mass is 9.97. The maximum Gasteiger partial charge on any atom is 0.127 e. The zero-order valence-electron chi connectivity index (χ0n) is 15.5. The Morgan fingerprint density at radius 2 is 1.62 bits per heavy atom. The molecule has 0 heterocycles. The SMILES string of the molecule is C=C/C=C(C)\C(=C/C)C(=C)/C(=C\C=C)OCc1ccccc1.CC. The van der Waals surface area contributed by atoms with Gasteiger partial charge in [0.1, 0.15) is 12.4 Å². The van der Waals surface area contributed by atoms with Gasteiger partial charge in [0.25, 0.3) is 0 Å². The lowest BCUT2D eigenvalue weighted by Crippen LogP contribution is -2.00. The molecule has 1 aromatic carbocycles. The van der Waals surface area contributed by atoms with Crippen LogP contribution in [0.5, 0.6) is 0 Å². The normalized spacial score (nSPS) is 11.9. The summed E-state index contributed by atoms with van der Waals surface area (Å²) in [6.07, 6.45) is 9.32. The van der Waals surface area contributed by atoms with E-state index < -0.39 is 0 Å². The molecule has 0 atom stereocenters. The monoisotopic (exact) mass is 322 g/mol. The number of benzene rings is 1. The second-order valence-electron chi connectivity index (χ2n) is 4.81. The average Bonchev–Trinajstić information content (AvgIpc) is 2.62. The lowest BCUT2D eigenvalue weighted by molar-refractivity contribution is 0.208. The summed E-state index contributed by atoms with van der Waals surface area (Å²) in [4.78, 5) is 0. The van der Waals surface area contributed by atoms with Crippen molar-refractivity contribution >= 4 is 0 Å². The first-order valence-corrected chi connectivity index (χ1v) is 8.29. The van der Waals surface area contributed by atoms with Gasteiger partial charge in [-0.15, -0.1) is 0 Å². The Balaban J connectivity index is 0.00000254. The van der Waals surface area contributed by atoms with Crippen molar-refractivity contribution in [3.63, 3.8) is 0 Å². The highest BCUT2D eigenvalue weighted by Crippen LogP contribution is 2.26. The largest absolute Gasteiger partial charge is 0.488 e. The molecule has 0 aliphatic rings. The summed E-state index contributed by atoms with van der Waals surface area (Å²) in [5.41, 5.74) is 4.10. The molecule has 0 aliphatic heterocycles. The van der Waals surface area contributed by atoms with Crippen molar-refractivity contribution in [1.82, 2.24) is 0 Å². The van der Waals surface area contributed by atoms with Gasteiger partial charge in [-0.2, -0.15) is 0 Å². The standard InChI is InChI=1S/C21H24O.C2H6/c1-6-12-17(4)20(8-3)18(5)21(13-7-2)22-16-19-14-10-9-11-15-19;1-2/h6-15H,1-2,5,16H2,3-4H3;1-2H3/b17-12-,20-8+,21-13+;. The number of rotatable bonds is 8. The van der Waals surface area contributed by atoms with Crippen molar-refractivity contribution in [3.8, 4) is 0 Å². The van der Waals surface area contributed by atoms with E-state index in [-0.39, 0.29) is 0 Å². The molecule has 0 aliphatic carbocycles. The van der Waals surface area contributed by atoms with E-state index in [9.17, 15) is 0 Å². The summed E-state index contributed by atoms with van der Waals surface area (Å²) >= 11 is 0. The van der Waals surface area contributed by atoms with Crippen LogP contribution in [0.1, 0.15) is 33.3 Å². The second-order valence-corrected chi connectivity index (χ2v) is 4.81. The first kappa shape index (κ1) is 21.5. The fourth-order valence-corrected chi connectivity index (χ4v) is 2.12. The Labute approximate surface area is 148 Å². The Kier molecular flexibility index (Phi) is 11.6. The molecule has 1 aromatic rings. The van der Waals surface area contributed by atoms with E-state index in [1.54, 1.807) is 12.2 Å². The van der Waals surface area contributed by atoms with Crippen molar-refractivity contribution in [2.45, 2.75) is 34.3 Å². The van der Waals surface area contributed by atoms with E-state index in [0.29, 0.717) is 6.61 Å². The van der Waals surface area contributed by atoms with Crippen LogP contribution in [0, 0.1) is 0 Å². The highest BCUT2D eigenvalue weighted by atomic mass is 16.5. The first-order chi connectivity index (χ1) is 11.6. The fourth-order valence-electron chi connectivity index (χ4n) is 2.12. The third-order valence-corrected chi connectivity index (χ3v) is 3.21. The quantitative estimate of drug-likeness (QED) is 0.372. The van der Waals surface area contributed by atoms with Crippen LogP contribution in [0.25, 0.3) is 0 Å². The summed E-state index contributed by atoms with van der Waals surface area (Å²) < 4.78 is 5.94. The third-order valence-electron chi connectivity index (χ3n) is 3.21. The van der Waals surface area contributed by atoms with Gasteiger partial charge in [-0.1, -0.05) is 88.2 Å². The van der Waals surface area contributed by atoms with Gasteiger partial charge in [-0.3, -0.25) is 0 Å². The van der Waals surface area contributed by atoms with Crippen LogP contribution in [0.3, 0.4) is 0 Å². The minimum absolute atomic E-state index is 0.501. The van der Waals surface area contributed by atoms with Crippen LogP contribution in [-0.2, 0) is 11.3 Å². The molecule has 1 nitrogen and oxygen atoms in total. The molecule has 0 N–H and O–H groups in total. The van der Waals surface area contributed by atoms with E-state index >= 15 is 0 Å². The molecule has 0 spiro atoms. The minimum atomic E-state index is 0.501. The number of allylic oxidation sites excluding steroid dienone is 7. The molecule has 128 valence electrons. The van der Waals surface area contributed by atoms with Crippen molar-refractivity contribution in [3.05, 3.63) is 108 Å². The molecule has 0 fully saturated rings. The molecular weight excluding hydrogens is 292 g/mol. The summed E-state index contributed by atoms with van der Waals surface area (Å²) in [6.45, 7) is 20.2. The van der Waals surface area contributed by atoms with Gasteiger partial charge in [-0.05, 0) is 36.6 Å². The fraction of sp³-hybridized carbons (Fsp3) is 0.217. The predicted molar refractivity (Wildman–Crippen MR) is 108 cm³/mol. The molecular formula is C23H30O. The second kappa shape index (κ2) is 13.0. The van der Waals surface area contributed by atoms with E-state index in [4.69, 9.17) is 4.74 Å².